The van der Waals surface area contributed by atoms with Crippen molar-refractivity contribution < 1.29 is 8.42 Å². The number of nitrogens with zero attached hydrogens (tertiary/aromatic N) is 3. The summed E-state index contributed by atoms with van der Waals surface area (Å²) in [7, 11) is 2.48. The number of rotatable bonds is 9. The molecule has 0 saturated heterocycles. The van der Waals surface area contributed by atoms with Crippen molar-refractivity contribution in [1.29, 1.82) is 0 Å². The van der Waals surface area contributed by atoms with Gasteiger partial charge in [-0.1, -0.05) is 41.4 Å². The van der Waals surface area contributed by atoms with Gasteiger partial charge in [0.05, 0.1) is 10.6 Å². The number of benzene rings is 2. The Kier molecular flexibility index (Phi) is 7.24. The van der Waals surface area contributed by atoms with Crippen molar-refractivity contribution in [2.45, 2.75) is 17.7 Å². The van der Waals surface area contributed by atoms with Gasteiger partial charge in [-0.25, -0.2) is 18.1 Å². The van der Waals surface area contributed by atoms with Gasteiger partial charge < -0.3 is 5.32 Å². The second kappa shape index (κ2) is 10.1. The van der Waals surface area contributed by atoms with Crippen molar-refractivity contribution in [3.8, 4) is 11.3 Å². The summed E-state index contributed by atoms with van der Waals surface area (Å²) in [6, 6.07) is 15.4. The van der Waals surface area contributed by atoms with E-state index in [2.05, 4.69) is 20.1 Å². The second-order valence-corrected chi connectivity index (χ2v) is 9.94. The Bertz CT molecular complexity index is 1380. The molecule has 2 radical (unpaired) electrons. The van der Waals surface area contributed by atoms with E-state index in [1.54, 1.807) is 28.9 Å². The van der Waals surface area contributed by atoms with E-state index < -0.39 is 10.0 Å². The van der Waals surface area contributed by atoms with Gasteiger partial charge in [0.2, 0.25) is 10.0 Å². The normalized spacial score (nSPS) is 11.7. The number of halogens is 2. The molecule has 7 nitrogen and oxygen atoms in total. The summed E-state index contributed by atoms with van der Waals surface area (Å²) >= 11 is 12.2. The molecule has 168 valence electrons. The van der Waals surface area contributed by atoms with Crippen LogP contribution in [-0.4, -0.2) is 44.0 Å². The maximum absolute atomic E-state index is 12.3. The van der Waals surface area contributed by atoms with Gasteiger partial charge in [0.1, 0.15) is 13.7 Å². The van der Waals surface area contributed by atoms with Gasteiger partial charge in [-0.2, -0.15) is 9.61 Å². The Balaban J connectivity index is 1.38. The van der Waals surface area contributed by atoms with Crippen LogP contribution in [0.3, 0.4) is 0 Å². The van der Waals surface area contributed by atoms with Crippen molar-refractivity contribution in [1.82, 2.24) is 19.3 Å². The number of aromatic nitrogens is 3. The Morgan fingerprint density at radius 1 is 1.00 bits per heavy atom. The first kappa shape index (κ1) is 23.6. The SMILES string of the molecule is [B]c1cnn2c(NCCCCNS(=O)(=O)c3ccc(Cl)cc3)cc(-c3ccccc3Cl)nc12. The Labute approximate surface area is 203 Å². The van der Waals surface area contributed by atoms with Gasteiger partial charge in [0.25, 0.3) is 0 Å². The molecule has 0 bridgehead atoms. The van der Waals surface area contributed by atoms with Crippen LogP contribution in [-0.2, 0) is 10.0 Å². The van der Waals surface area contributed by atoms with Gasteiger partial charge in [-0.05, 0) is 48.6 Å². The summed E-state index contributed by atoms with van der Waals surface area (Å²) in [5, 5.41) is 8.71. The highest BCUT2D eigenvalue weighted by Crippen LogP contribution is 2.28. The molecule has 2 N–H and O–H groups in total. The summed E-state index contributed by atoms with van der Waals surface area (Å²) in [5.74, 6) is 0.716. The topological polar surface area (TPSA) is 88.4 Å². The first-order valence-corrected chi connectivity index (χ1v) is 12.5. The largest absolute Gasteiger partial charge is 0.370 e. The van der Waals surface area contributed by atoms with Gasteiger partial charge in [-0.15, -0.1) is 0 Å². The fourth-order valence-electron chi connectivity index (χ4n) is 3.28. The number of fused-ring (bicyclic) bond motifs is 1. The van der Waals surface area contributed by atoms with E-state index in [1.165, 1.54) is 12.1 Å². The quantitative estimate of drug-likeness (QED) is 0.271. The smallest absolute Gasteiger partial charge is 0.240 e. The van der Waals surface area contributed by atoms with Gasteiger partial charge in [0, 0.05) is 41.0 Å². The van der Waals surface area contributed by atoms with Gasteiger partial charge >= 0.3 is 0 Å². The fourth-order valence-corrected chi connectivity index (χ4v) is 4.72. The van der Waals surface area contributed by atoms with E-state index in [0.29, 0.717) is 52.2 Å². The predicted molar refractivity (Wildman–Crippen MR) is 133 cm³/mol. The van der Waals surface area contributed by atoms with Crippen LogP contribution < -0.4 is 15.5 Å². The molecule has 2 heterocycles. The molecule has 0 amide bonds. The van der Waals surface area contributed by atoms with Gasteiger partial charge in [-0.3, -0.25) is 0 Å². The highest BCUT2D eigenvalue weighted by molar-refractivity contribution is 7.89. The molecule has 0 unspecified atom stereocenters. The molecule has 11 heteroatoms. The number of sulfonamides is 1. The highest BCUT2D eigenvalue weighted by atomic mass is 35.5. The van der Waals surface area contributed by atoms with Gasteiger partial charge in [0.15, 0.2) is 5.65 Å². The molecule has 0 aliphatic carbocycles. The lowest BCUT2D eigenvalue weighted by Gasteiger charge is -2.12. The second-order valence-electron chi connectivity index (χ2n) is 7.33. The maximum Gasteiger partial charge on any atom is 0.240 e. The zero-order valence-corrected chi connectivity index (χ0v) is 19.8. The van der Waals surface area contributed by atoms with E-state index in [0.717, 1.165) is 12.0 Å². The molecule has 0 fully saturated rings. The number of hydrogen-bond donors (Lipinski definition) is 2. The first-order valence-electron chi connectivity index (χ1n) is 10.2. The van der Waals surface area contributed by atoms with Crippen molar-refractivity contribution in [2.75, 3.05) is 18.4 Å². The predicted octanol–water partition coefficient (Wildman–Crippen LogP) is 3.67. The third-order valence-corrected chi connectivity index (χ3v) is 7.03. The zero-order valence-electron chi connectivity index (χ0n) is 17.5. The summed E-state index contributed by atoms with van der Waals surface area (Å²) in [5.41, 5.74) is 2.47. The van der Waals surface area contributed by atoms with E-state index in [9.17, 15) is 8.42 Å². The van der Waals surface area contributed by atoms with E-state index >= 15 is 0 Å². The Hall–Kier alpha value is -2.59. The number of unbranched alkanes of at least 4 members (excludes halogenated alkanes) is 1. The van der Waals surface area contributed by atoms with Crippen LogP contribution >= 0.6 is 23.2 Å². The highest BCUT2D eigenvalue weighted by Gasteiger charge is 2.14. The minimum Gasteiger partial charge on any atom is -0.370 e. The maximum atomic E-state index is 12.3. The van der Waals surface area contributed by atoms with Crippen molar-refractivity contribution >= 4 is 58.0 Å². The molecule has 0 spiro atoms. The third-order valence-electron chi connectivity index (χ3n) is 4.97. The van der Waals surface area contributed by atoms with Crippen LogP contribution in [0.4, 0.5) is 5.82 Å². The summed E-state index contributed by atoms with van der Waals surface area (Å²) in [6.45, 7) is 0.918. The third kappa shape index (κ3) is 5.50. The van der Waals surface area contributed by atoms with Crippen LogP contribution in [0.15, 0.2) is 65.7 Å². The van der Waals surface area contributed by atoms with Crippen molar-refractivity contribution in [3.05, 3.63) is 70.8 Å². The molecule has 0 aliphatic rings. The van der Waals surface area contributed by atoms with E-state index in [1.807, 2.05) is 24.3 Å². The molecule has 4 aromatic rings. The van der Waals surface area contributed by atoms with Crippen molar-refractivity contribution in [2.24, 2.45) is 0 Å². The van der Waals surface area contributed by atoms with E-state index in [-0.39, 0.29) is 4.90 Å². The number of nitrogens with one attached hydrogen (secondary N) is 2. The average molecular weight is 500 g/mol. The minimum atomic E-state index is -3.56. The molecular formula is C22H20BCl2N5O2S. The molecule has 2 aromatic heterocycles. The fraction of sp³-hybridized carbons (Fsp3) is 0.182. The zero-order chi connectivity index (χ0) is 23.4. The summed E-state index contributed by atoms with van der Waals surface area (Å²) < 4.78 is 28.9. The molecule has 0 saturated carbocycles. The number of anilines is 1. The average Bonchev–Trinajstić information content (AvgIpc) is 3.17. The molecule has 4 rings (SSSR count). The minimum absolute atomic E-state index is 0.188. The lowest BCUT2D eigenvalue weighted by molar-refractivity contribution is 0.577. The Morgan fingerprint density at radius 3 is 2.48 bits per heavy atom. The van der Waals surface area contributed by atoms with E-state index in [4.69, 9.17) is 31.0 Å². The summed E-state index contributed by atoms with van der Waals surface area (Å²) in [4.78, 5) is 4.80. The molecule has 2 aromatic carbocycles. The molecule has 0 atom stereocenters. The molecular weight excluding hydrogens is 480 g/mol. The monoisotopic (exact) mass is 499 g/mol. The van der Waals surface area contributed by atoms with Crippen LogP contribution in [0.5, 0.6) is 0 Å². The molecule has 0 aliphatic heterocycles. The number of hydrogen-bond acceptors (Lipinski definition) is 5. The van der Waals surface area contributed by atoms with Crippen LogP contribution in [0.2, 0.25) is 10.0 Å². The van der Waals surface area contributed by atoms with Crippen molar-refractivity contribution in [3.63, 3.8) is 0 Å². The van der Waals surface area contributed by atoms with Crippen LogP contribution in [0.1, 0.15) is 12.8 Å². The lowest BCUT2D eigenvalue weighted by Crippen LogP contribution is -2.25. The lowest BCUT2D eigenvalue weighted by atomic mass is 10.0. The first-order chi connectivity index (χ1) is 15.8. The Morgan fingerprint density at radius 2 is 1.73 bits per heavy atom. The standard InChI is InChI=1S/C22H20BCl2N5O2S/c23-18-14-27-30-21(13-20(29-22(18)30)17-5-1-2-6-19(17)25)26-11-3-4-12-28-33(31,32)16-9-7-15(24)8-10-16/h1-2,5-10,13-14,26,28H,3-4,11-12H2. The summed E-state index contributed by atoms with van der Waals surface area (Å²) in [6.07, 6.45) is 2.92. The van der Waals surface area contributed by atoms with Crippen LogP contribution in [0, 0.1) is 0 Å². The van der Waals surface area contributed by atoms with Crippen LogP contribution in [0.25, 0.3) is 16.9 Å². The molecule has 33 heavy (non-hydrogen) atoms.